The number of hydrogen-bond acceptors (Lipinski definition) is 6. The molecule has 1 saturated heterocycles. The van der Waals surface area contributed by atoms with Crippen molar-refractivity contribution in [2.24, 2.45) is 0 Å². The number of imidazole rings is 1. The summed E-state index contributed by atoms with van der Waals surface area (Å²) in [6, 6.07) is 20.0. The molecule has 6 rings (SSSR count). The average Bonchev–Trinajstić information content (AvgIpc) is 3.30. The molecule has 0 saturated carbocycles. The number of nitriles is 1. The molecule has 8 heteroatoms. The van der Waals surface area contributed by atoms with Gasteiger partial charge in [-0.2, -0.15) is 5.26 Å². The summed E-state index contributed by atoms with van der Waals surface area (Å²) >= 11 is 0. The van der Waals surface area contributed by atoms with Gasteiger partial charge in [-0.1, -0.05) is 42.5 Å². The molecule has 2 aliphatic heterocycles. The van der Waals surface area contributed by atoms with Crippen LogP contribution in [0.5, 0.6) is 0 Å². The minimum atomic E-state index is -0.346. The SMILES string of the molecule is N#Cc1c2c(c(N3CCOCC3)n3c1nc1ccccc13)CN(C(=O)OCc1ccccc1)CC2. The van der Waals surface area contributed by atoms with Gasteiger partial charge in [0.05, 0.1) is 36.4 Å². The summed E-state index contributed by atoms with van der Waals surface area (Å²) in [7, 11) is 0. The lowest BCUT2D eigenvalue weighted by Crippen LogP contribution is -2.41. The first-order valence-corrected chi connectivity index (χ1v) is 11.9. The zero-order valence-corrected chi connectivity index (χ0v) is 19.3. The van der Waals surface area contributed by atoms with Crippen LogP contribution in [0.25, 0.3) is 16.7 Å². The van der Waals surface area contributed by atoms with Crippen molar-refractivity contribution in [2.75, 3.05) is 37.7 Å². The number of nitrogens with zero attached hydrogens (tertiary/aromatic N) is 5. The Bertz CT molecular complexity index is 1450. The number of para-hydroxylation sites is 2. The second-order valence-electron chi connectivity index (χ2n) is 8.84. The van der Waals surface area contributed by atoms with Crippen molar-refractivity contribution in [3.63, 3.8) is 0 Å². The summed E-state index contributed by atoms with van der Waals surface area (Å²) in [6.07, 6.45) is 0.233. The van der Waals surface area contributed by atoms with Gasteiger partial charge in [-0.3, -0.25) is 4.40 Å². The molecule has 4 aromatic rings. The van der Waals surface area contributed by atoms with Crippen LogP contribution in [0, 0.1) is 11.3 Å². The number of amides is 1. The lowest BCUT2D eigenvalue weighted by molar-refractivity contribution is 0.0916. The predicted molar refractivity (Wildman–Crippen MR) is 131 cm³/mol. The summed E-state index contributed by atoms with van der Waals surface area (Å²) in [6.45, 7) is 3.84. The standard InChI is InChI=1S/C27H25N5O3/c28-16-21-20-10-11-31(27(33)35-18-19-6-2-1-3-7-19)17-22(20)26(30-12-14-34-15-13-30)32-24-9-5-4-8-23(24)29-25(21)32/h1-9H,10-15,17-18H2. The molecule has 0 bridgehead atoms. The van der Waals surface area contributed by atoms with Crippen LogP contribution >= 0.6 is 0 Å². The van der Waals surface area contributed by atoms with Crippen molar-refractivity contribution in [1.29, 1.82) is 5.26 Å². The van der Waals surface area contributed by atoms with E-state index in [4.69, 9.17) is 14.5 Å². The Hall–Kier alpha value is -4.09. The molecule has 35 heavy (non-hydrogen) atoms. The van der Waals surface area contributed by atoms with Gasteiger partial charge in [-0.15, -0.1) is 0 Å². The average molecular weight is 468 g/mol. The minimum absolute atomic E-state index is 0.230. The molecule has 2 aromatic heterocycles. The monoisotopic (exact) mass is 467 g/mol. The van der Waals surface area contributed by atoms with Crippen LogP contribution in [0.2, 0.25) is 0 Å². The Morgan fingerprint density at radius 1 is 1.03 bits per heavy atom. The van der Waals surface area contributed by atoms with E-state index in [1.165, 1.54) is 0 Å². The van der Waals surface area contributed by atoms with Crippen LogP contribution in [-0.2, 0) is 29.0 Å². The fourth-order valence-electron chi connectivity index (χ4n) is 5.11. The van der Waals surface area contributed by atoms with Crippen molar-refractivity contribution >= 4 is 28.6 Å². The van der Waals surface area contributed by atoms with Gasteiger partial charge in [0.2, 0.25) is 0 Å². The highest BCUT2D eigenvalue weighted by Gasteiger charge is 2.32. The molecule has 176 valence electrons. The first-order valence-electron chi connectivity index (χ1n) is 11.9. The predicted octanol–water partition coefficient (Wildman–Crippen LogP) is 3.89. The minimum Gasteiger partial charge on any atom is -0.445 e. The Kier molecular flexibility index (Phi) is 5.47. The smallest absolute Gasteiger partial charge is 0.410 e. The van der Waals surface area contributed by atoms with E-state index < -0.39 is 0 Å². The van der Waals surface area contributed by atoms with Crippen molar-refractivity contribution in [2.45, 2.75) is 19.6 Å². The lowest BCUT2D eigenvalue weighted by Gasteiger charge is -2.36. The van der Waals surface area contributed by atoms with Crippen LogP contribution in [0.3, 0.4) is 0 Å². The normalized spacial score (nSPS) is 15.7. The van der Waals surface area contributed by atoms with Crippen LogP contribution in [-0.4, -0.2) is 53.2 Å². The van der Waals surface area contributed by atoms with E-state index in [0.717, 1.165) is 46.6 Å². The second kappa shape index (κ2) is 8.93. The Morgan fingerprint density at radius 3 is 2.60 bits per heavy atom. The lowest BCUT2D eigenvalue weighted by atomic mass is 9.95. The van der Waals surface area contributed by atoms with Gasteiger partial charge in [0.1, 0.15) is 18.5 Å². The Morgan fingerprint density at radius 2 is 1.80 bits per heavy atom. The molecule has 0 aliphatic carbocycles. The Balaban J connectivity index is 1.44. The van der Waals surface area contributed by atoms with Gasteiger partial charge < -0.3 is 19.3 Å². The van der Waals surface area contributed by atoms with E-state index in [2.05, 4.69) is 15.4 Å². The number of carbonyl (C=O) groups is 1. The van der Waals surface area contributed by atoms with Gasteiger partial charge in [-0.25, -0.2) is 9.78 Å². The fraction of sp³-hybridized carbons (Fsp3) is 0.296. The van der Waals surface area contributed by atoms with Crippen molar-refractivity contribution in [3.05, 3.63) is 76.9 Å². The number of aromatic nitrogens is 2. The van der Waals surface area contributed by atoms with Crippen LogP contribution in [0.15, 0.2) is 54.6 Å². The van der Waals surface area contributed by atoms with E-state index in [9.17, 15) is 10.1 Å². The molecule has 4 heterocycles. The first-order chi connectivity index (χ1) is 17.2. The van der Waals surface area contributed by atoms with E-state index in [1.807, 2.05) is 54.6 Å². The highest BCUT2D eigenvalue weighted by molar-refractivity contribution is 5.87. The third kappa shape index (κ3) is 3.74. The molecule has 0 N–H and O–H groups in total. The molecule has 8 nitrogen and oxygen atoms in total. The maximum Gasteiger partial charge on any atom is 0.410 e. The number of carbonyl (C=O) groups excluding carboxylic acids is 1. The van der Waals surface area contributed by atoms with Crippen LogP contribution in [0.4, 0.5) is 10.6 Å². The molecule has 0 spiro atoms. The number of anilines is 1. The van der Waals surface area contributed by atoms with E-state index in [-0.39, 0.29) is 12.7 Å². The Labute approximate surface area is 202 Å². The molecular formula is C27H25N5O3. The van der Waals surface area contributed by atoms with Gasteiger partial charge in [0.15, 0.2) is 5.65 Å². The molecule has 1 fully saturated rings. The quantitative estimate of drug-likeness (QED) is 0.455. The van der Waals surface area contributed by atoms with Gasteiger partial charge in [-0.05, 0) is 29.7 Å². The van der Waals surface area contributed by atoms with Crippen molar-refractivity contribution in [1.82, 2.24) is 14.3 Å². The molecule has 0 radical (unpaired) electrons. The molecule has 1 amide bonds. The molecule has 0 atom stereocenters. The second-order valence-corrected chi connectivity index (χ2v) is 8.84. The van der Waals surface area contributed by atoms with E-state index in [0.29, 0.717) is 43.9 Å². The third-order valence-corrected chi connectivity index (χ3v) is 6.80. The number of hydrogen-bond donors (Lipinski definition) is 0. The fourth-order valence-corrected chi connectivity index (χ4v) is 5.11. The van der Waals surface area contributed by atoms with Crippen LogP contribution in [0.1, 0.15) is 22.3 Å². The molecular weight excluding hydrogens is 442 g/mol. The number of ether oxygens (including phenoxy) is 2. The van der Waals surface area contributed by atoms with Crippen LogP contribution < -0.4 is 4.90 Å². The summed E-state index contributed by atoms with van der Waals surface area (Å²) in [5.74, 6) is 0.992. The maximum absolute atomic E-state index is 13.0. The zero-order valence-electron chi connectivity index (χ0n) is 19.3. The summed E-state index contributed by atoms with van der Waals surface area (Å²) in [4.78, 5) is 21.9. The van der Waals surface area contributed by atoms with Gasteiger partial charge in [0.25, 0.3) is 0 Å². The highest BCUT2D eigenvalue weighted by Crippen LogP contribution is 2.37. The number of benzene rings is 2. The number of fused-ring (bicyclic) bond motifs is 4. The summed E-state index contributed by atoms with van der Waals surface area (Å²) < 4.78 is 13.4. The van der Waals surface area contributed by atoms with E-state index in [1.54, 1.807) is 4.90 Å². The largest absolute Gasteiger partial charge is 0.445 e. The van der Waals surface area contributed by atoms with Crippen molar-refractivity contribution in [3.8, 4) is 6.07 Å². The summed E-state index contributed by atoms with van der Waals surface area (Å²) in [5, 5.41) is 10.2. The summed E-state index contributed by atoms with van der Waals surface area (Å²) in [5.41, 5.74) is 5.98. The molecule has 2 aromatic carbocycles. The number of rotatable bonds is 3. The van der Waals surface area contributed by atoms with Crippen molar-refractivity contribution < 1.29 is 14.3 Å². The highest BCUT2D eigenvalue weighted by atomic mass is 16.6. The third-order valence-electron chi connectivity index (χ3n) is 6.80. The molecule has 0 unspecified atom stereocenters. The maximum atomic E-state index is 13.0. The topological polar surface area (TPSA) is 83.1 Å². The molecule has 2 aliphatic rings. The number of morpholine rings is 1. The zero-order chi connectivity index (χ0) is 23.8. The van der Waals surface area contributed by atoms with Gasteiger partial charge >= 0.3 is 6.09 Å². The van der Waals surface area contributed by atoms with E-state index >= 15 is 0 Å². The van der Waals surface area contributed by atoms with Gasteiger partial charge in [0, 0.05) is 25.2 Å². The first kappa shape index (κ1) is 21.4. The number of pyridine rings is 1.